The van der Waals surface area contributed by atoms with Gasteiger partial charge in [-0.05, 0) is 37.6 Å². The normalized spacial score (nSPS) is 10.8. The second-order valence-electron chi connectivity index (χ2n) is 5.31. The molecule has 2 aromatic heterocycles. The molecule has 1 aromatic carbocycles. The van der Waals surface area contributed by atoms with Crippen LogP contribution >= 0.6 is 0 Å². The summed E-state index contributed by atoms with van der Waals surface area (Å²) >= 11 is 0. The van der Waals surface area contributed by atoms with Crippen molar-refractivity contribution in [3.05, 3.63) is 58.6 Å². The summed E-state index contributed by atoms with van der Waals surface area (Å²) in [5, 5.41) is 3.15. The number of fused-ring (bicyclic) bond motifs is 1. The van der Waals surface area contributed by atoms with E-state index >= 15 is 0 Å². The highest BCUT2D eigenvalue weighted by Crippen LogP contribution is 2.15. The second-order valence-corrected chi connectivity index (χ2v) is 5.31. The Balaban J connectivity index is 1.89. The zero-order chi connectivity index (χ0) is 16.9. The first-order valence-electron chi connectivity index (χ1n) is 8.03. The Morgan fingerprint density at radius 1 is 1.25 bits per heavy atom. The molecule has 1 N–H and O–H groups in total. The molecule has 2 heterocycles. The molecule has 0 unspecified atom stereocenters. The first-order valence-corrected chi connectivity index (χ1v) is 8.03. The third-order valence-corrected chi connectivity index (χ3v) is 3.73. The fourth-order valence-corrected chi connectivity index (χ4v) is 2.61. The van der Waals surface area contributed by atoms with Gasteiger partial charge in [-0.1, -0.05) is 12.1 Å². The minimum absolute atomic E-state index is 0.140. The van der Waals surface area contributed by atoms with E-state index in [1.165, 1.54) is 0 Å². The molecule has 6 nitrogen and oxygen atoms in total. The molecule has 6 heteroatoms. The van der Waals surface area contributed by atoms with Crippen molar-refractivity contribution in [1.82, 2.24) is 14.5 Å². The van der Waals surface area contributed by atoms with Crippen molar-refractivity contribution in [3.63, 3.8) is 0 Å². The Kier molecular flexibility index (Phi) is 4.74. The number of aryl methyl sites for hydroxylation is 1. The zero-order valence-corrected chi connectivity index (χ0v) is 13.8. The van der Waals surface area contributed by atoms with Crippen molar-refractivity contribution in [1.29, 1.82) is 0 Å². The fraction of sp³-hybridized carbons (Fsp3) is 0.278. The number of hydrogen-bond acceptors (Lipinski definition) is 5. The number of aromatic nitrogens is 3. The first kappa shape index (κ1) is 16.0. The van der Waals surface area contributed by atoms with Crippen LogP contribution in [0.3, 0.4) is 0 Å². The van der Waals surface area contributed by atoms with Gasteiger partial charge in [-0.3, -0.25) is 9.78 Å². The van der Waals surface area contributed by atoms with Crippen LogP contribution in [-0.2, 0) is 13.1 Å². The predicted octanol–water partition coefficient (Wildman–Crippen LogP) is 2.82. The van der Waals surface area contributed by atoms with Gasteiger partial charge in [0.1, 0.15) is 5.75 Å². The van der Waals surface area contributed by atoms with Crippen molar-refractivity contribution < 1.29 is 4.74 Å². The van der Waals surface area contributed by atoms with E-state index < -0.39 is 0 Å². The molecule has 24 heavy (non-hydrogen) atoms. The monoisotopic (exact) mass is 324 g/mol. The van der Waals surface area contributed by atoms with Crippen LogP contribution in [0, 0.1) is 0 Å². The maximum Gasteiger partial charge on any atom is 0.293 e. The van der Waals surface area contributed by atoms with Crippen LogP contribution in [0.15, 0.2) is 47.5 Å². The van der Waals surface area contributed by atoms with E-state index in [9.17, 15) is 4.79 Å². The molecule has 0 atom stereocenters. The minimum Gasteiger partial charge on any atom is -0.494 e. The lowest BCUT2D eigenvalue weighted by Gasteiger charge is -2.12. The maximum absolute atomic E-state index is 12.6. The maximum atomic E-state index is 12.6. The van der Waals surface area contributed by atoms with Gasteiger partial charge in [-0.25, -0.2) is 4.98 Å². The summed E-state index contributed by atoms with van der Waals surface area (Å²) < 4.78 is 7.18. The van der Waals surface area contributed by atoms with Crippen LogP contribution in [0.1, 0.15) is 19.4 Å². The molecule has 0 spiro atoms. The average Bonchev–Trinajstić information content (AvgIpc) is 2.61. The van der Waals surface area contributed by atoms with Crippen LogP contribution in [0.5, 0.6) is 5.75 Å². The summed E-state index contributed by atoms with van der Waals surface area (Å²) in [4.78, 5) is 21.1. The molecule has 0 aliphatic carbocycles. The van der Waals surface area contributed by atoms with E-state index in [1.54, 1.807) is 17.0 Å². The van der Waals surface area contributed by atoms with Gasteiger partial charge in [0.25, 0.3) is 5.56 Å². The van der Waals surface area contributed by atoms with E-state index in [0.717, 1.165) is 22.3 Å². The number of pyridine rings is 1. The molecule has 0 saturated heterocycles. The van der Waals surface area contributed by atoms with Gasteiger partial charge in [0.05, 0.1) is 23.8 Å². The zero-order valence-electron chi connectivity index (χ0n) is 13.8. The molecule has 0 aliphatic heterocycles. The number of hydrogen-bond donors (Lipinski definition) is 1. The summed E-state index contributed by atoms with van der Waals surface area (Å²) in [5.74, 6) is 1.16. The number of rotatable bonds is 6. The Bertz CT molecular complexity index is 905. The molecule has 3 aromatic rings. The molecule has 0 radical (unpaired) electrons. The smallest absolute Gasteiger partial charge is 0.293 e. The lowest BCUT2D eigenvalue weighted by Crippen LogP contribution is -2.25. The Hall–Kier alpha value is -2.89. The van der Waals surface area contributed by atoms with Crippen molar-refractivity contribution in [2.75, 3.05) is 11.9 Å². The summed E-state index contributed by atoms with van der Waals surface area (Å²) in [6.07, 6.45) is 3.34. The van der Waals surface area contributed by atoms with Crippen LogP contribution in [-0.4, -0.2) is 21.1 Å². The molecule has 0 saturated carbocycles. The third kappa shape index (κ3) is 3.22. The number of ether oxygens (including phenoxy) is 1. The highest BCUT2D eigenvalue weighted by Gasteiger charge is 2.10. The van der Waals surface area contributed by atoms with Crippen LogP contribution in [0.25, 0.3) is 11.0 Å². The highest BCUT2D eigenvalue weighted by atomic mass is 16.5. The van der Waals surface area contributed by atoms with E-state index in [0.29, 0.717) is 25.5 Å². The van der Waals surface area contributed by atoms with Gasteiger partial charge < -0.3 is 14.6 Å². The third-order valence-electron chi connectivity index (χ3n) is 3.73. The molecule has 0 bridgehead atoms. The van der Waals surface area contributed by atoms with E-state index in [2.05, 4.69) is 15.3 Å². The molecule has 0 fully saturated rings. The van der Waals surface area contributed by atoms with Crippen molar-refractivity contribution in [3.8, 4) is 5.75 Å². The van der Waals surface area contributed by atoms with Gasteiger partial charge in [0.2, 0.25) is 0 Å². The summed E-state index contributed by atoms with van der Waals surface area (Å²) in [6, 6.07) is 9.60. The first-order chi connectivity index (χ1) is 11.7. The quantitative estimate of drug-likeness (QED) is 0.755. The van der Waals surface area contributed by atoms with Gasteiger partial charge in [0.15, 0.2) is 5.82 Å². The average molecular weight is 324 g/mol. The topological polar surface area (TPSA) is 69.0 Å². The van der Waals surface area contributed by atoms with Crippen molar-refractivity contribution in [2.24, 2.45) is 0 Å². The van der Waals surface area contributed by atoms with E-state index in [1.807, 2.05) is 44.2 Å². The lowest BCUT2D eigenvalue weighted by molar-refractivity contribution is 0.340. The largest absolute Gasteiger partial charge is 0.494 e. The lowest BCUT2D eigenvalue weighted by atomic mass is 10.2. The molecule has 3 rings (SSSR count). The molecule has 124 valence electrons. The Morgan fingerprint density at radius 2 is 2.12 bits per heavy atom. The van der Waals surface area contributed by atoms with E-state index in [-0.39, 0.29) is 5.56 Å². The summed E-state index contributed by atoms with van der Waals surface area (Å²) in [6.45, 7) is 5.58. The number of nitrogens with one attached hydrogen (secondary N) is 1. The minimum atomic E-state index is -0.140. The number of anilines is 1. The second kappa shape index (κ2) is 7.12. The summed E-state index contributed by atoms with van der Waals surface area (Å²) in [5.41, 5.74) is 2.38. The molecular weight excluding hydrogens is 304 g/mol. The van der Waals surface area contributed by atoms with Crippen LogP contribution < -0.4 is 15.6 Å². The fourth-order valence-electron chi connectivity index (χ4n) is 2.61. The molecule has 0 aliphatic rings. The predicted molar refractivity (Wildman–Crippen MR) is 94.4 cm³/mol. The standard InChI is InChI=1S/C18H20N4O2/c1-3-22-16-12-19-9-8-15(16)21-17(18(22)23)20-11-13-6-5-7-14(10-13)24-4-2/h5-10,12H,3-4,11H2,1-2H3,(H,20,21). The van der Waals surface area contributed by atoms with Crippen LogP contribution in [0.2, 0.25) is 0 Å². The van der Waals surface area contributed by atoms with Gasteiger partial charge in [0, 0.05) is 19.3 Å². The Morgan fingerprint density at radius 3 is 2.92 bits per heavy atom. The summed E-state index contributed by atoms with van der Waals surface area (Å²) in [7, 11) is 0. The Labute approximate surface area is 140 Å². The molecule has 0 amide bonds. The van der Waals surface area contributed by atoms with Crippen molar-refractivity contribution >= 4 is 16.9 Å². The van der Waals surface area contributed by atoms with Crippen LogP contribution in [0.4, 0.5) is 5.82 Å². The van der Waals surface area contributed by atoms with Gasteiger partial charge in [-0.15, -0.1) is 0 Å². The SMILES string of the molecule is CCOc1cccc(CNc2nc3ccncc3n(CC)c2=O)c1. The number of benzene rings is 1. The van der Waals surface area contributed by atoms with E-state index in [4.69, 9.17) is 4.74 Å². The van der Waals surface area contributed by atoms with Gasteiger partial charge >= 0.3 is 0 Å². The van der Waals surface area contributed by atoms with Crippen molar-refractivity contribution in [2.45, 2.75) is 26.9 Å². The molecular formula is C18H20N4O2. The number of nitrogens with zero attached hydrogens (tertiary/aromatic N) is 3. The van der Waals surface area contributed by atoms with Gasteiger partial charge in [-0.2, -0.15) is 0 Å². The highest BCUT2D eigenvalue weighted by molar-refractivity contribution is 5.75.